The number of nitrogens with one attached hydrogen (secondary N) is 3. The molecule has 1 saturated carbocycles. The zero-order valence-corrected chi connectivity index (χ0v) is 18.8. The lowest BCUT2D eigenvalue weighted by Gasteiger charge is -2.21. The van der Waals surface area contributed by atoms with Crippen LogP contribution in [0, 0.1) is 5.92 Å². The van der Waals surface area contributed by atoms with E-state index in [1.165, 1.54) is 38.2 Å². The molecule has 2 amide bonds. The normalized spacial score (nSPS) is 20.6. The average Bonchev–Trinajstić information content (AvgIpc) is 2.82. The summed E-state index contributed by atoms with van der Waals surface area (Å²) in [5, 5.41) is 6.23. The van der Waals surface area contributed by atoms with E-state index in [9.17, 15) is 9.59 Å². The predicted molar refractivity (Wildman–Crippen MR) is 121 cm³/mol. The third-order valence-electron chi connectivity index (χ3n) is 5.70. The molecule has 2 aliphatic rings. The number of hydrogen-bond acceptors (Lipinski definition) is 7. The Bertz CT molecular complexity index is 743. The maximum Gasteiger partial charge on any atom is 0.267 e. The number of rotatable bonds is 10. The van der Waals surface area contributed by atoms with Crippen LogP contribution in [-0.2, 0) is 19.2 Å². The molecule has 1 saturated heterocycles. The second kappa shape index (κ2) is 13.1. The van der Waals surface area contributed by atoms with Crippen molar-refractivity contribution >= 4 is 23.7 Å². The van der Waals surface area contributed by atoms with Gasteiger partial charge in [0.2, 0.25) is 5.91 Å². The maximum absolute atomic E-state index is 12.2. The van der Waals surface area contributed by atoms with Gasteiger partial charge in [0.1, 0.15) is 5.82 Å². The first kappa shape index (κ1) is 24.1. The molecule has 1 unspecified atom stereocenters. The summed E-state index contributed by atoms with van der Waals surface area (Å²) < 4.78 is 5.39. The molecule has 0 spiro atoms. The Morgan fingerprint density at radius 1 is 1.16 bits per heavy atom. The third kappa shape index (κ3) is 8.92. The van der Waals surface area contributed by atoms with Crippen molar-refractivity contribution < 1.29 is 19.2 Å². The van der Waals surface area contributed by atoms with Gasteiger partial charge in [-0.3, -0.25) is 14.6 Å². The Kier molecular flexibility index (Phi) is 9.90. The van der Waals surface area contributed by atoms with Crippen LogP contribution < -0.4 is 16.1 Å². The van der Waals surface area contributed by atoms with Gasteiger partial charge in [0, 0.05) is 38.1 Å². The summed E-state index contributed by atoms with van der Waals surface area (Å²) in [6, 6.07) is 0.0194. The molecule has 1 aromatic heterocycles. The molecule has 3 rings (SSSR count). The lowest BCUT2D eigenvalue weighted by atomic mass is 9.87. The molecule has 0 aromatic carbocycles. The Balaban J connectivity index is 1.33. The number of nitrogens with zero attached hydrogens (tertiary/aromatic N) is 2. The van der Waals surface area contributed by atoms with E-state index < -0.39 is 0 Å². The highest BCUT2D eigenvalue weighted by Crippen LogP contribution is 2.26. The molecule has 9 heteroatoms. The quantitative estimate of drug-likeness (QED) is 0.375. The fraction of sp³-hybridized carbons (Fsp3) is 0.652. The van der Waals surface area contributed by atoms with Gasteiger partial charge in [-0.05, 0) is 44.6 Å². The minimum atomic E-state index is -0.388. The highest BCUT2D eigenvalue weighted by atomic mass is 16.8. The number of carbonyl (C=O) groups excluding carboxylic acids is 2. The minimum Gasteiger partial charge on any atom is -0.365 e. The number of hydrogen-bond donors (Lipinski definition) is 3. The molecule has 32 heavy (non-hydrogen) atoms. The van der Waals surface area contributed by atoms with Crippen LogP contribution in [0.3, 0.4) is 0 Å². The van der Waals surface area contributed by atoms with E-state index >= 15 is 0 Å². The number of carbonyl (C=O) groups is 2. The standard InChI is InChI=1S/C23H35N5O4/c1-17(14-26-22(30)13-18-7-3-2-4-8-18)27-20-16-24-19(15-25-20)10-11-21(29)28-32-23-9-5-6-12-31-23/h10-11,15-18,23H,2-9,12-14H2,1H3,(H,25,27)(H,26,30)(H,28,29)/t17-,23?/m1/s1. The van der Waals surface area contributed by atoms with Gasteiger partial charge >= 0.3 is 0 Å². The van der Waals surface area contributed by atoms with Crippen LogP contribution in [0.2, 0.25) is 0 Å². The number of aromatic nitrogens is 2. The summed E-state index contributed by atoms with van der Waals surface area (Å²) in [4.78, 5) is 37.8. The monoisotopic (exact) mass is 445 g/mol. The van der Waals surface area contributed by atoms with Gasteiger partial charge in [-0.2, -0.15) is 0 Å². The minimum absolute atomic E-state index is 0.0194. The summed E-state index contributed by atoms with van der Waals surface area (Å²) in [6.45, 7) is 3.16. The Hall–Kier alpha value is -2.52. The molecule has 2 heterocycles. The summed E-state index contributed by atoms with van der Waals surface area (Å²) >= 11 is 0. The van der Waals surface area contributed by atoms with Crippen molar-refractivity contribution in [3.8, 4) is 0 Å². The van der Waals surface area contributed by atoms with Gasteiger partial charge in [-0.1, -0.05) is 19.3 Å². The lowest BCUT2D eigenvalue weighted by molar-refractivity contribution is -0.198. The maximum atomic E-state index is 12.2. The molecule has 2 atom stereocenters. The van der Waals surface area contributed by atoms with Gasteiger partial charge in [0.15, 0.2) is 6.29 Å². The molecule has 2 fully saturated rings. The Labute approximate surface area is 189 Å². The second-order valence-corrected chi connectivity index (χ2v) is 8.60. The molecule has 3 N–H and O–H groups in total. The van der Waals surface area contributed by atoms with Crippen molar-refractivity contribution in [1.29, 1.82) is 0 Å². The van der Waals surface area contributed by atoms with E-state index in [1.54, 1.807) is 18.5 Å². The number of hydroxylamine groups is 1. The first-order chi connectivity index (χ1) is 15.6. The molecule has 1 aliphatic carbocycles. The number of anilines is 1. The van der Waals surface area contributed by atoms with Crippen molar-refractivity contribution in [3.63, 3.8) is 0 Å². The van der Waals surface area contributed by atoms with Crippen LogP contribution >= 0.6 is 0 Å². The van der Waals surface area contributed by atoms with Crippen LogP contribution in [0.5, 0.6) is 0 Å². The lowest BCUT2D eigenvalue weighted by Crippen LogP contribution is -2.35. The zero-order valence-electron chi connectivity index (χ0n) is 18.8. The number of ether oxygens (including phenoxy) is 1. The highest BCUT2D eigenvalue weighted by Gasteiger charge is 2.17. The molecular formula is C23H35N5O4. The summed E-state index contributed by atoms with van der Waals surface area (Å²) in [6.07, 6.45) is 15.3. The van der Waals surface area contributed by atoms with Crippen molar-refractivity contribution in [3.05, 3.63) is 24.2 Å². The molecule has 0 radical (unpaired) electrons. The summed E-state index contributed by atoms with van der Waals surface area (Å²) in [5.74, 6) is 0.876. The summed E-state index contributed by atoms with van der Waals surface area (Å²) in [5.41, 5.74) is 2.91. The first-order valence-corrected chi connectivity index (χ1v) is 11.7. The van der Waals surface area contributed by atoms with E-state index in [2.05, 4.69) is 26.1 Å². The number of amides is 2. The van der Waals surface area contributed by atoms with E-state index in [-0.39, 0.29) is 24.1 Å². The van der Waals surface area contributed by atoms with Gasteiger partial charge in [0.05, 0.1) is 18.1 Å². The van der Waals surface area contributed by atoms with Gasteiger partial charge in [-0.25, -0.2) is 15.3 Å². The first-order valence-electron chi connectivity index (χ1n) is 11.7. The zero-order chi connectivity index (χ0) is 22.6. The predicted octanol–water partition coefficient (Wildman–Crippen LogP) is 2.95. The molecule has 176 valence electrons. The average molecular weight is 446 g/mol. The van der Waals surface area contributed by atoms with Crippen LogP contribution in [0.1, 0.15) is 70.4 Å². The Morgan fingerprint density at radius 2 is 1.97 bits per heavy atom. The van der Waals surface area contributed by atoms with Crippen molar-refractivity contribution in [2.75, 3.05) is 18.5 Å². The van der Waals surface area contributed by atoms with Crippen molar-refractivity contribution in [2.24, 2.45) is 5.92 Å². The fourth-order valence-corrected chi connectivity index (χ4v) is 3.92. The largest absolute Gasteiger partial charge is 0.365 e. The fourth-order valence-electron chi connectivity index (χ4n) is 3.92. The van der Waals surface area contributed by atoms with Crippen LogP contribution in [-0.4, -0.2) is 47.3 Å². The van der Waals surface area contributed by atoms with Gasteiger partial charge < -0.3 is 15.4 Å². The smallest absolute Gasteiger partial charge is 0.267 e. The van der Waals surface area contributed by atoms with E-state index in [0.29, 0.717) is 37.0 Å². The topological polar surface area (TPSA) is 114 Å². The van der Waals surface area contributed by atoms with E-state index in [1.807, 2.05) is 6.92 Å². The SMILES string of the molecule is C[C@H](CNC(=O)CC1CCCCC1)Nc1cnc(C=CC(=O)NOC2CCCCO2)cn1. The van der Waals surface area contributed by atoms with Gasteiger partial charge in [0.25, 0.3) is 5.91 Å². The molecule has 1 aliphatic heterocycles. The van der Waals surface area contributed by atoms with Gasteiger partial charge in [-0.15, -0.1) is 0 Å². The molecule has 0 bridgehead atoms. The molecule has 9 nitrogen and oxygen atoms in total. The van der Waals surface area contributed by atoms with Crippen LogP contribution in [0.25, 0.3) is 6.08 Å². The highest BCUT2D eigenvalue weighted by molar-refractivity contribution is 5.90. The van der Waals surface area contributed by atoms with Crippen molar-refractivity contribution in [1.82, 2.24) is 20.8 Å². The second-order valence-electron chi connectivity index (χ2n) is 8.60. The molecule has 1 aromatic rings. The summed E-state index contributed by atoms with van der Waals surface area (Å²) in [7, 11) is 0. The molecular weight excluding hydrogens is 410 g/mol. The third-order valence-corrected chi connectivity index (χ3v) is 5.70. The van der Waals surface area contributed by atoms with E-state index in [0.717, 1.165) is 19.3 Å². The van der Waals surface area contributed by atoms with Crippen LogP contribution in [0.4, 0.5) is 5.82 Å². The Morgan fingerprint density at radius 3 is 2.69 bits per heavy atom. The van der Waals surface area contributed by atoms with Crippen molar-refractivity contribution in [2.45, 2.75) is 77.0 Å². The van der Waals surface area contributed by atoms with E-state index in [4.69, 9.17) is 9.57 Å². The van der Waals surface area contributed by atoms with Crippen LogP contribution in [0.15, 0.2) is 18.5 Å².